The average Bonchev–Trinajstić information content (AvgIpc) is 3.42. The van der Waals surface area contributed by atoms with Crippen LogP contribution in [0.2, 0.25) is 0 Å². The summed E-state index contributed by atoms with van der Waals surface area (Å²) >= 11 is 1.50. The van der Waals surface area contributed by atoms with E-state index in [-0.39, 0.29) is 5.56 Å². The van der Waals surface area contributed by atoms with Crippen molar-refractivity contribution in [3.05, 3.63) is 88.8 Å². The van der Waals surface area contributed by atoms with Crippen LogP contribution in [0.25, 0.3) is 10.7 Å². The molecule has 0 aliphatic rings. The topological polar surface area (TPSA) is 83.6 Å². The van der Waals surface area contributed by atoms with E-state index in [1.165, 1.54) is 16.0 Å². The van der Waals surface area contributed by atoms with Crippen LogP contribution < -0.4 is 5.32 Å². The van der Waals surface area contributed by atoms with E-state index in [1.54, 1.807) is 24.3 Å². The molecule has 2 heterocycles. The van der Waals surface area contributed by atoms with Crippen LogP contribution in [0.4, 0.5) is 5.95 Å². The van der Waals surface area contributed by atoms with Gasteiger partial charge in [-0.25, -0.2) is 0 Å². The number of carbonyl (C=O) groups excluding carboxylic acids is 1. The van der Waals surface area contributed by atoms with Gasteiger partial charge in [0.15, 0.2) is 5.82 Å². The quantitative estimate of drug-likeness (QED) is 0.557. The zero-order valence-corrected chi connectivity index (χ0v) is 15.6. The van der Waals surface area contributed by atoms with E-state index in [1.807, 2.05) is 47.8 Å². The summed E-state index contributed by atoms with van der Waals surface area (Å²) in [6.45, 7) is 0.497. The van der Waals surface area contributed by atoms with E-state index < -0.39 is 5.91 Å². The van der Waals surface area contributed by atoms with Gasteiger partial charge in [-0.05, 0) is 29.1 Å². The van der Waals surface area contributed by atoms with Crippen molar-refractivity contribution in [2.75, 3.05) is 5.32 Å². The van der Waals surface area contributed by atoms with Gasteiger partial charge in [-0.3, -0.25) is 4.79 Å². The van der Waals surface area contributed by atoms with E-state index in [9.17, 15) is 10.1 Å². The Labute approximate surface area is 165 Å². The maximum atomic E-state index is 13.1. The number of hydrogen-bond donors (Lipinski definition) is 1. The first kappa shape index (κ1) is 17.6. The van der Waals surface area contributed by atoms with Crippen LogP contribution >= 0.6 is 11.3 Å². The Balaban J connectivity index is 1.72. The highest BCUT2D eigenvalue weighted by atomic mass is 32.1. The summed E-state index contributed by atoms with van der Waals surface area (Å²) < 4.78 is 1.23. The summed E-state index contributed by atoms with van der Waals surface area (Å²) in [5.41, 5.74) is 1.64. The van der Waals surface area contributed by atoms with Crippen molar-refractivity contribution in [1.82, 2.24) is 14.8 Å². The highest BCUT2D eigenvalue weighted by molar-refractivity contribution is 7.13. The summed E-state index contributed by atoms with van der Waals surface area (Å²) in [7, 11) is 0. The predicted molar refractivity (Wildman–Crippen MR) is 108 cm³/mol. The van der Waals surface area contributed by atoms with Gasteiger partial charge >= 0.3 is 0 Å². The zero-order chi connectivity index (χ0) is 19.3. The number of rotatable bonds is 5. The normalized spacial score (nSPS) is 10.4. The number of benzene rings is 2. The lowest BCUT2D eigenvalue weighted by Gasteiger charge is -2.08. The Morgan fingerprint density at radius 2 is 1.86 bits per heavy atom. The molecule has 0 fully saturated rings. The molecule has 0 bridgehead atoms. The Bertz CT molecular complexity index is 1140. The third-order valence-electron chi connectivity index (χ3n) is 4.11. The maximum absolute atomic E-state index is 13.1. The number of nitrogens with one attached hydrogen (secondary N) is 1. The molecule has 6 nitrogen and oxygen atoms in total. The van der Waals surface area contributed by atoms with Crippen LogP contribution in [-0.4, -0.2) is 20.7 Å². The number of hydrogen-bond acceptors (Lipinski definition) is 6. The molecule has 2 aromatic heterocycles. The Kier molecular flexibility index (Phi) is 4.95. The molecule has 28 heavy (non-hydrogen) atoms. The molecule has 0 saturated carbocycles. The van der Waals surface area contributed by atoms with Crippen LogP contribution in [0.15, 0.2) is 72.1 Å². The zero-order valence-electron chi connectivity index (χ0n) is 14.7. The van der Waals surface area contributed by atoms with Gasteiger partial charge in [-0.2, -0.15) is 14.9 Å². The third-order valence-corrected chi connectivity index (χ3v) is 4.98. The SMILES string of the molecule is N#Cc1ccccc1C(=O)n1nc(-c2cccs2)nc1NCc1ccccc1. The monoisotopic (exact) mass is 385 g/mol. The number of anilines is 1. The fourth-order valence-corrected chi connectivity index (χ4v) is 3.39. The molecular formula is C21H15N5OS. The van der Waals surface area contributed by atoms with Crippen LogP contribution in [0.1, 0.15) is 21.5 Å². The van der Waals surface area contributed by atoms with E-state index in [0.717, 1.165) is 10.4 Å². The molecule has 4 rings (SSSR count). The van der Waals surface area contributed by atoms with Gasteiger partial charge in [0.05, 0.1) is 22.1 Å². The molecular weight excluding hydrogens is 370 g/mol. The molecule has 2 aromatic carbocycles. The fraction of sp³-hybridized carbons (Fsp3) is 0.0476. The van der Waals surface area contributed by atoms with E-state index >= 15 is 0 Å². The molecule has 0 aliphatic carbocycles. The number of nitrogens with zero attached hydrogens (tertiary/aromatic N) is 4. The van der Waals surface area contributed by atoms with E-state index in [2.05, 4.69) is 21.5 Å². The molecule has 0 aliphatic heterocycles. The number of aromatic nitrogens is 3. The lowest BCUT2D eigenvalue weighted by atomic mass is 10.1. The number of thiophene rings is 1. The molecule has 136 valence electrons. The summed E-state index contributed by atoms with van der Waals surface area (Å²) in [5, 5.41) is 18.9. The Morgan fingerprint density at radius 3 is 2.61 bits per heavy atom. The van der Waals surface area contributed by atoms with Crippen molar-refractivity contribution in [2.24, 2.45) is 0 Å². The molecule has 0 atom stereocenters. The third kappa shape index (κ3) is 3.54. The van der Waals surface area contributed by atoms with Crippen molar-refractivity contribution in [1.29, 1.82) is 5.26 Å². The second-order valence-corrected chi connectivity index (χ2v) is 6.90. The molecule has 0 amide bonds. The molecule has 0 spiro atoms. The predicted octanol–water partition coefficient (Wildman–Crippen LogP) is 4.18. The summed E-state index contributed by atoms with van der Waals surface area (Å²) in [6.07, 6.45) is 0. The molecule has 0 saturated heterocycles. The molecule has 4 aromatic rings. The maximum Gasteiger partial charge on any atom is 0.282 e. The molecule has 7 heteroatoms. The first-order chi connectivity index (χ1) is 13.8. The minimum absolute atomic E-state index is 0.287. The van der Waals surface area contributed by atoms with Gasteiger partial charge in [-0.15, -0.1) is 16.4 Å². The number of nitriles is 1. The average molecular weight is 385 g/mol. The van der Waals surface area contributed by atoms with Gasteiger partial charge in [0.1, 0.15) is 0 Å². The Hall–Kier alpha value is -3.76. The van der Waals surface area contributed by atoms with Gasteiger partial charge in [-0.1, -0.05) is 48.5 Å². The Morgan fingerprint density at radius 1 is 1.07 bits per heavy atom. The van der Waals surface area contributed by atoms with Gasteiger partial charge in [0.2, 0.25) is 5.95 Å². The largest absolute Gasteiger partial charge is 0.350 e. The molecule has 0 unspecified atom stereocenters. The first-order valence-corrected chi connectivity index (χ1v) is 9.47. The minimum Gasteiger partial charge on any atom is -0.350 e. The first-order valence-electron chi connectivity index (χ1n) is 8.59. The van der Waals surface area contributed by atoms with Crippen LogP contribution in [-0.2, 0) is 6.54 Å². The van der Waals surface area contributed by atoms with Crippen molar-refractivity contribution < 1.29 is 4.79 Å². The smallest absolute Gasteiger partial charge is 0.282 e. The van der Waals surface area contributed by atoms with Gasteiger partial charge in [0, 0.05) is 6.54 Å². The summed E-state index contributed by atoms with van der Waals surface area (Å²) in [4.78, 5) is 18.5. The molecule has 0 radical (unpaired) electrons. The number of carbonyl (C=O) groups is 1. The van der Waals surface area contributed by atoms with Crippen molar-refractivity contribution in [2.45, 2.75) is 6.54 Å². The van der Waals surface area contributed by atoms with E-state index in [4.69, 9.17) is 0 Å². The van der Waals surface area contributed by atoms with E-state index in [0.29, 0.717) is 23.9 Å². The highest BCUT2D eigenvalue weighted by Crippen LogP contribution is 2.24. The lowest BCUT2D eigenvalue weighted by molar-refractivity contribution is 0.0947. The van der Waals surface area contributed by atoms with Crippen LogP contribution in [0, 0.1) is 11.3 Å². The minimum atomic E-state index is -0.400. The fourth-order valence-electron chi connectivity index (χ4n) is 2.74. The van der Waals surface area contributed by atoms with Gasteiger partial charge in [0.25, 0.3) is 5.91 Å². The van der Waals surface area contributed by atoms with Crippen molar-refractivity contribution in [3.8, 4) is 16.8 Å². The summed E-state index contributed by atoms with van der Waals surface area (Å²) in [6, 6.07) is 22.4. The standard InChI is InChI=1S/C21H15N5OS/c22-13-16-9-4-5-10-17(16)20(27)26-21(23-14-15-7-2-1-3-8-15)24-19(25-26)18-11-6-12-28-18/h1-12H,14H2,(H,23,24,25). The van der Waals surface area contributed by atoms with Gasteiger partial charge < -0.3 is 5.32 Å². The highest BCUT2D eigenvalue weighted by Gasteiger charge is 2.21. The lowest BCUT2D eigenvalue weighted by Crippen LogP contribution is -2.18. The molecule has 1 N–H and O–H groups in total. The van der Waals surface area contributed by atoms with Crippen molar-refractivity contribution in [3.63, 3.8) is 0 Å². The van der Waals surface area contributed by atoms with Crippen LogP contribution in [0.5, 0.6) is 0 Å². The van der Waals surface area contributed by atoms with Crippen LogP contribution in [0.3, 0.4) is 0 Å². The second-order valence-electron chi connectivity index (χ2n) is 5.95. The second kappa shape index (κ2) is 7.86. The summed E-state index contributed by atoms with van der Waals surface area (Å²) in [5.74, 6) is 0.404. The van der Waals surface area contributed by atoms with Crippen molar-refractivity contribution >= 4 is 23.2 Å².